The molecule has 1 unspecified atom stereocenters. The van der Waals surface area contributed by atoms with Crippen LogP contribution in [0, 0.1) is 0 Å². The number of carbonyl (C=O) groups excluding carboxylic acids is 1. The highest BCUT2D eigenvalue weighted by Crippen LogP contribution is 2.07. The molecule has 0 aromatic heterocycles. The van der Waals surface area contributed by atoms with Crippen molar-refractivity contribution < 1.29 is 4.79 Å². The first-order valence-electron chi connectivity index (χ1n) is 5.11. The zero-order valence-electron chi connectivity index (χ0n) is 7.81. The van der Waals surface area contributed by atoms with Gasteiger partial charge in [-0.2, -0.15) is 0 Å². The minimum absolute atomic E-state index is 0.0506. The molecule has 0 bridgehead atoms. The third-order valence-electron chi connectivity index (χ3n) is 2.75. The molecule has 0 aliphatic carbocycles. The van der Waals surface area contributed by atoms with Crippen LogP contribution in [-0.4, -0.2) is 37.6 Å². The SMILES string of the molecule is O=C1NCCCCC1NC1CNC1. The number of hydrogen-bond acceptors (Lipinski definition) is 3. The van der Waals surface area contributed by atoms with E-state index in [4.69, 9.17) is 0 Å². The third-order valence-corrected chi connectivity index (χ3v) is 2.75. The molecule has 0 saturated carbocycles. The van der Waals surface area contributed by atoms with Crippen LogP contribution in [0.2, 0.25) is 0 Å². The second-order valence-corrected chi connectivity index (χ2v) is 3.86. The van der Waals surface area contributed by atoms with Crippen LogP contribution in [0.5, 0.6) is 0 Å². The van der Waals surface area contributed by atoms with Crippen molar-refractivity contribution in [2.75, 3.05) is 19.6 Å². The third kappa shape index (κ3) is 2.19. The van der Waals surface area contributed by atoms with Gasteiger partial charge in [-0.15, -0.1) is 0 Å². The maximum absolute atomic E-state index is 11.5. The monoisotopic (exact) mass is 183 g/mol. The molecule has 2 rings (SSSR count). The fourth-order valence-electron chi connectivity index (χ4n) is 1.79. The Bertz CT molecular complexity index is 191. The predicted molar refractivity (Wildman–Crippen MR) is 50.4 cm³/mol. The van der Waals surface area contributed by atoms with Crippen molar-refractivity contribution in [2.45, 2.75) is 31.3 Å². The van der Waals surface area contributed by atoms with Gasteiger partial charge in [-0.05, 0) is 19.3 Å². The first-order valence-corrected chi connectivity index (χ1v) is 5.11. The highest BCUT2D eigenvalue weighted by Gasteiger charge is 2.25. The molecule has 4 nitrogen and oxygen atoms in total. The lowest BCUT2D eigenvalue weighted by atomic mass is 10.1. The summed E-state index contributed by atoms with van der Waals surface area (Å²) in [5, 5.41) is 9.48. The van der Waals surface area contributed by atoms with Crippen LogP contribution in [-0.2, 0) is 4.79 Å². The van der Waals surface area contributed by atoms with E-state index in [2.05, 4.69) is 16.0 Å². The lowest BCUT2D eigenvalue weighted by molar-refractivity contribution is -0.123. The summed E-state index contributed by atoms with van der Waals surface area (Å²) < 4.78 is 0. The Labute approximate surface area is 78.5 Å². The van der Waals surface area contributed by atoms with Crippen LogP contribution >= 0.6 is 0 Å². The first kappa shape index (κ1) is 8.97. The second kappa shape index (κ2) is 4.07. The molecular weight excluding hydrogens is 166 g/mol. The molecule has 13 heavy (non-hydrogen) atoms. The van der Waals surface area contributed by atoms with Gasteiger partial charge in [0.25, 0.3) is 0 Å². The van der Waals surface area contributed by atoms with Gasteiger partial charge in [-0.25, -0.2) is 0 Å². The highest BCUT2D eigenvalue weighted by atomic mass is 16.2. The number of hydrogen-bond donors (Lipinski definition) is 3. The van der Waals surface area contributed by atoms with Gasteiger partial charge in [-0.3, -0.25) is 4.79 Å². The van der Waals surface area contributed by atoms with E-state index in [0.29, 0.717) is 6.04 Å². The zero-order chi connectivity index (χ0) is 9.10. The Morgan fingerprint density at radius 2 is 2.15 bits per heavy atom. The standard InChI is InChI=1S/C9H17N3O/c13-9-8(3-1-2-4-11-9)12-7-5-10-6-7/h7-8,10,12H,1-6H2,(H,11,13). The van der Waals surface area contributed by atoms with Crippen LogP contribution in [0.3, 0.4) is 0 Å². The Morgan fingerprint density at radius 3 is 2.85 bits per heavy atom. The van der Waals surface area contributed by atoms with Crippen molar-refractivity contribution >= 4 is 5.91 Å². The first-order chi connectivity index (χ1) is 6.36. The number of nitrogens with one attached hydrogen (secondary N) is 3. The summed E-state index contributed by atoms with van der Waals surface area (Å²) in [6.45, 7) is 2.85. The molecule has 2 saturated heterocycles. The summed E-state index contributed by atoms with van der Waals surface area (Å²) in [7, 11) is 0. The second-order valence-electron chi connectivity index (χ2n) is 3.86. The molecule has 74 valence electrons. The molecule has 2 aliphatic rings. The summed E-state index contributed by atoms with van der Waals surface area (Å²) in [5.74, 6) is 0.185. The lowest BCUT2D eigenvalue weighted by Crippen LogP contribution is -2.60. The quantitative estimate of drug-likeness (QED) is 0.526. The van der Waals surface area contributed by atoms with E-state index in [1.165, 1.54) is 0 Å². The van der Waals surface area contributed by atoms with Crippen molar-refractivity contribution in [3.63, 3.8) is 0 Å². The summed E-state index contributed by atoms with van der Waals surface area (Å²) in [6, 6.07) is 0.559. The molecule has 1 amide bonds. The average Bonchev–Trinajstić information content (AvgIpc) is 2.23. The van der Waals surface area contributed by atoms with Crippen molar-refractivity contribution in [1.29, 1.82) is 0 Å². The van der Waals surface area contributed by atoms with Gasteiger partial charge in [0.15, 0.2) is 0 Å². The largest absolute Gasteiger partial charge is 0.355 e. The van der Waals surface area contributed by atoms with E-state index in [9.17, 15) is 4.79 Å². The van der Waals surface area contributed by atoms with Crippen molar-refractivity contribution in [3.8, 4) is 0 Å². The van der Waals surface area contributed by atoms with Gasteiger partial charge in [0.05, 0.1) is 6.04 Å². The maximum atomic E-state index is 11.5. The van der Waals surface area contributed by atoms with Crippen molar-refractivity contribution in [2.24, 2.45) is 0 Å². The van der Waals surface area contributed by atoms with E-state index in [1.54, 1.807) is 0 Å². The fourth-order valence-corrected chi connectivity index (χ4v) is 1.79. The molecule has 4 heteroatoms. The summed E-state index contributed by atoms with van der Waals surface area (Å²) >= 11 is 0. The molecule has 2 aliphatic heterocycles. The van der Waals surface area contributed by atoms with Gasteiger partial charge in [0, 0.05) is 25.7 Å². The van der Waals surface area contributed by atoms with Crippen LogP contribution in [0.4, 0.5) is 0 Å². The Hall–Kier alpha value is -0.610. The molecule has 2 heterocycles. The van der Waals surface area contributed by atoms with Gasteiger partial charge >= 0.3 is 0 Å². The van der Waals surface area contributed by atoms with E-state index in [-0.39, 0.29) is 11.9 Å². The van der Waals surface area contributed by atoms with Crippen LogP contribution in [0.25, 0.3) is 0 Å². The van der Waals surface area contributed by atoms with Crippen LogP contribution in [0.15, 0.2) is 0 Å². The Balaban J connectivity index is 1.83. The summed E-state index contributed by atoms with van der Waals surface area (Å²) in [5.41, 5.74) is 0. The molecule has 2 fully saturated rings. The normalized spacial score (nSPS) is 30.5. The molecule has 0 aromatic carbocycles. The van der Waals surface area contributed by atoms with Gasteiger partial charge in [-0.1, -0.05) is 0 Å². The zero-order valence-corrected chi connectivity index (χ0v) is 7.81. The predicted octanol–water partition coefficient (Wildman–Crippen LogP) is -0.783. The minimum atomic E-state index is 0.0506. The Morgan fingerprint density at radius 1 is 1.31 bits per heavy atom. The van der Waals surface area contributed by atoms with Crippen LogP contribution in [0.1, 0.15) is 19.3 Å². The minimum Gasteiger partial charge on any atom is -0.355 e. The maximum Gasteiger partial charge on any atom is 0.237 e. The van der Waals surface area contributed by atoms with Crippen molar-refractivity contribution in [3.05, 3.63) is 0 Å². The summed E-state index contributed by atoms with van der Waals surface area (Å²) in [4.78, 5) is 11.5. The number of amides is 1. The van der Waals surface area contributed by atoms with Gasteiger partial charge < -0.3 is 16.0 Å². The lowest BCUT2D eigenvalue weighted by Gasteiger charge is -2.31. The summed E-state index contributed by atoms with van der Waals surface area (Å²) in [6.07, 6.45) is 3.26. The smallest absolute Gasteiger partial charge is 0.237 e. The Kier molecular flexibility index (Phi) is 2.80. The van der Waals surface area contributed by atoms with Crippen LogP contribution < -0.4 is 16.0 Å². The van der Waals surface area contributed by atoms with Crippen molar-refractivity contribution in [1.82, 2.24) is 16.0 Å². The molecule has 0 aromatic rings. The van der Waals surface area contributed by atoms with E-state index in [1.807, 2.05) is 0 Å². The van der Waals surface area contributed by atoms with E-state index in [0.717, 1.165) is 38.9 Å². The molecule has 1 atom stereocenters. The molecule has 0 radical (unpaired) electrons. The topological polar surface area (TPSA) is 53.2 Å². The van der Waals surface area contributed by atoms with Gasteiger partial charge in [0.1, 0.15) is 0 Å². The average molecular weight is 183 g/mol. The van der Waals surface area contributed by atoms with E-state index < -0.39 is 0 Å². The number of rotatable bonds is 2. The molecular formula is C9H17N3O. The molecule has 3 N–H and O–H groups in total. The number of carbonyl (C=O) groups is 1. The fraction of sp³-hybridized carbons (Fsp3) is 0.889. The highest BCUT2D eigenvalue weighted by molar-refractivity contribution is 5.81. The van der Waals surface area contributed by atoms with Gasteiger partial charge in [0.2, 0.25) is 5.91 Å². The molecule has 0 spiro atoms. The van der Waals surface area contributed by atoms with E-state index >= 15 is 0 Å².